The van der Waals surface area contributed by atoms with Gasteiger partial charge >= 0.3 is 0 Å². The number of hydrogen-bond donors (Lipinski definition) is 1. The molecule has 0 spiro atoms. The number of rotatable bonds is 3. The van der Waals surface area contributed by atoms with Crippen LogP contribution in [0.4, 0.5) is 0 Å². The number of thiazole rings is 1. The second-order valence-electron chi connectivity index (χ2n) is 5.44. The van der Waals surface area contributed by atoms with Crippen molar-refractivity contribution in [2.24, 2.45) is 0 Å². The number of carbonyl (C=O) groups is 1. The molecule has 1 fully saturated rings. The van der Waals surface area contributed by atoms with Crippen LogP contribution in [0.2, 0.25) is 0 Å². The molecule has 110 valence electrons. The second kappa shape index (κ2) is 5.95. The molecule has 1 aliphatic rings. The van der Waals surface area contributed by atoms with E-state index in [1.807, 2.05) is 48.5 Å². The molecule has 0 saturated carbocycles. The molecule has 0 aliphatic carbocycles. The van der Waals surface area contributed by atoms with Crippen molar-refractivity contribution in [1.82, 2.24) is 15.2 Å². The SMILES string of the molecule is Cc1csc(-c2cccc(C(=O)N(C)C3CCNC3)c2)n1. The van der Waals surface area contributed by atoms with Gasteiger partial charge in [0.2, 0.25) is 0 Å². The molecular weight excluding hydrogens is 282 g/mol. The molecule has 4 nitrogen and oxygen atoms in total. The zero-order chi connectivity index (χ0) is 14.8. The van der Waals surface area contributed by atoms with Crippen molar-refractivity contribution in [1.29, 1.82) is 0 Å². The zero-order valence-electron chi connectivity index (χ0n) is 12.3. The Hall–Kier alpha value is -1.72. The van der Waals surface area contributed by atoms with Gasteiger partial charge in [0.1, 0.15) is 5.01 Å². The molecule has 1 aliphatic heterocycles. The van der Waals surface area contributed by atoms with Crippen LogP contribution < -0.4 is 5.32 Å². The van der Waals surface area contributed by atoms with Crippen molar-refractivity contribution in [3.63, 3.8) is 0 Å². The minimum atomic E-state index is 0.0822. The quantitative estimate of drug-likeness (QED) is 0.947. The molecule has 0 bridgehead atoms. The summed E-state index contributed by atoms with van der Waals surface area (Å²) in [5, 5.41) is 6.29. The van der Waals surface area contributed by atoms with Gasteiger partial charge in [-0.15, -0.1) is 11.3 Å². The van der Waals surface area contributed by atoms with E-state index in [1.54, 1.807) is 11.3 Å². The normalized spacial score (nSPS) is 17.9. The Bertz CT molecular complexity index is 646. The Morgan fingerprint density at radius 1 is 1.48 bits per heavy atom. The minimum absolute atomic E-state index is 0.0822. The van der Waals surface area contributed by atoms with Crippen LogP contribution in [-0.4, -0.2) is 42.0 Å². The molecule has 2 heterocycles. The van der Waals surface area contributed by atoms with Gasteiger partial charge in [-0.2, -0.15) is 0 Å². The maximum atomic E-state index is 12.6. The van der Waals surface area contributed by atoms with Crippen LogP contribution in [0.1, 0.15) is 22.5 Å². The monoisotopic (exact) mass is 301 g/mol. The highest BCUT2D eigenvalue weighted by atomic mass is 32.1. The van der Waals surface area contributed by atoms with Gasteiger partial charge in [0.15, 0.2) is 0 Å². The fourth-order valence-corrected chi connectivity index (χ4v) is 3.41. The Balaban J connectivity index is 1.83. The second-order valence-corrected chi connectivity index (χ2v) is 6.30. The van der Waals surface area contributed by atoms with Crippen molar-refractivity contribution in [3.05, 3.63) is 40.9 Å². The number of aromatic nitrogens is 1. The first-order chi connectivity index (χ1) is 10.1. The van der Waals surface area contributed by atoms with Gasteiger partial charge < -0.3 is 10.2 Å². The van der Waals surface area contributed by atoms with E-state index in [2.05, 4.69) is 10.3 Å². The van der Waals surface area contributed by atoms with Crippen molar-refractivity contribution in [2.45, 2.75) is 19.4 Å². The Morgan fingerprint density at radius 3 is 3.00 bits per heavy atom. The lowest BCUT2D eigenvalue weighted by Crippen LogP contribution is -2.38. The summed E-state index contributed by atoms with van der Waals surface area (Å²) in [5.74, 6) is 0.0822. The number of carbonyl (C=O) groups excluding carboxylic acids is 1. The molecule has 0 radical (unpaired) electrons. The largest absolute Gasteiger partial charge is 0.337 e. The smallest absolute Gasteiger partial charge is 0.253 e. The van der Waals surface area contributed by atoms with E-state index in [0.29, 0.717) is 6.04 Å². The Labute approximate surface area is 128 Å². The maximum Gasteiger partial charge on any atom is 0.253 e. The summed E-state index contributed by atoms with van der Waals surface area (Å²) in [4.78, 5) is 18.9. The highest BCUT2D eigenvalue weighted by Crippen LogP contribution is 2.25. The molecule has 3 rings (SSSR count). The van der Waals surface area contributed by atoms with Crippen LogP contribution >= 0.6 is 11.3 Å². The summed E-state index contributed by atoms with van der Waals surface area (Å²) in [6.45, 7) is 3.85. The van der Waals surface area contributed by atoms with E-state index < -0.39 is 0 Å². The first kappa shape index (κ1) is 14.2. The number of benzene rings is 1. The van der Waals surface area contributed by atoms with Crippen LogP contribution in [0, 0.1) is 6.92 Å². The number of aryl methyl sites for hydroxylation is 1. The van der Waals surface area contributed by atoms with E-state index in [-0.39, 0.29) is 5.91 Å². The van der Waals surface area contributed by atoms with Crippen molar-refractivity contribution < 1.29 is 4.79 Å². The summed E-state index contributed by atoms with van der Waals surface area (Å²) in [6.07, 6.45) is 1.02. The highest BCUT2D eigenvalue weighted by molar-refractivity contribution is 7.13. The fourth-order valence-electron chi connectivity index (χ4n) is 2.61. The van der Waals surface area contributed by atoms with Gasteiger partial charge in [-0.3, -0.25) is 4.79 Å². The lowest BCUT2D eigenvalue weighted by Gasteiger charge is -2.24. The average molecular weight is 301 g/mol. The molecule has 21 heavy (non-hydrogen) atoms. The predicted molar refractivity (Wildman–Crippen MR) is 85.7 cm³/mol. The van der Waals surface area contributed by atoms with Gasteiger partial charge in [0, 0.05) is 41.8 Å². The molecular formula is C16H19N3OS. The van der Waals surface area contributed by atoms with E-state index in [4.69, 9.17) is 0 Å². The van der Waals surface area contributed by atoms with Crippen molar-refractivity contribution in [3.8, 4) is 10.6 Å². The number of nitrogens with one attached hydrogen (secondary N) is 1. The molecule has 1 aromatic carbocycles. The zero-order valence-corrected chi connectivity index (χ0v) is 13.1. The van der Waals surface area contributed by atoms with Gasteiger partial charge in [-0.25, -0.2) is 4.98 Å². The molecule has 1 amide bonds. The van der Waals surface area contributed by atoms with E-state index >= 15 is 0 Å². The van der Waals surface area contributed by atoms with E-state index in [1.165, 1.54) is 0 Å². The van der Waals surface area contributed by atoms with Gasteiger partial charge in [-0.05, 0) is 32.0 Å². The van der Waals surface area contributed by atoms with Crippen LogP contribution in [-0.2, 0) is 0 Å². The van der Waals surface area contributed by atoms with Crippen molar-refractivity contribution in [2.75, 3.05) is 20.1 Å². The molecule has 1 saturated heterocycles. The third-order valence-electron chi connectivity index (χ3n) is 3.88. The van der Waals surface area contributed by atoms with Crippen LogP contribution in [0.5, 0.6) is 0 Å². The third-order valence-corrected chi connectivity index (χ3v) is 4.89. The third kappa shape index (κ3) is 2.99. The van der Waals surface area contributed by atoms with Gasteiger partial charge in [0.05, 0.1) is 0 Å². The van der Waals surface area contributed by atoms with Gasteiger partial charge in [0.25, 0.3) is 5.91 Å². The molecule has 5 heteroatoms. The predicted octanol–water partition coefficient (Wildman–Crippen LogP) is 2.55. The number of amides is 1. The molecule has 2 aromatic rings. The van der Waals surface area contributed by atoms with Crippen LogP contribution in [0.25, 0.3) is 10.6 Å². The summed E-state index contributed by atoms with van der Waals surface area (Å²) in [6, 6.07) is 8.06. The van der Waals surface area contributed by atoms with Gasteiger partial charge in [-0.1, -0.05) is 12.1 Å². The Kier molecular flexibility index (Phi) is 4.03. The summed E-state index contributed by atoms with van der Waals surface area (Å²) in [7, 11) is 1.89. The van der Waals surface area contributed by atoms with E-state index in [0.717, 1.165) is 41.3 Å². The topological polar surface area (TPSA) is 45.2 Å². The first-order valence-electron chi connectivity index (χ1n) is 7.15. The van der Waals surface area contributed by atoms with Crippen molar-refractivity contribution >= 4 is 17.2 Å². The highest BCUT2D eigenvalue weighted by Gasteiger charge is 2.24. The lowest BCUT2D eigenvalue weighted by molar-refractivity contribution is 0.0744. The molecule has 1 atom stereocenters. The standard InChI is InChI=1S/C16H19N3OS/c1-11-10-21-15(18-11)12-4-3-5-13(8-12)16(20)19(2)14-6-7-17-9-14/h3-5,8,10,14,17H,6-7,9H2,1-2H3. The van der Waals surface area contributed by atoms with Crippen LogP contribution in [0.3, 0.4) is 0 Å². The van der Waals surface area contributed by atoms with Crippen LogP contribution in [0.15, 0.2) is 29.6 Å². The summed E-state index contributed by atoms with van der Waals surface area (Å²) < 4.78 is 0. The lowest BCUT2D eigenvalue weighted by atomic mass is 10.1. The number of nitrogens with zero attached hydrogens (tertiary/aromatic N) is 2. The summed E-state index contributed by atoms with van der Waals surface area (Å²) in [5.41, 5.74) is 2.76. The summed E-state index contributed by atoms with van der Waals surface area (Å²) >= 11 is 1.61. The first-order valence-corrected chi connectivity index (χ1v) is 8.03. The van der Waals surface area contributed by atoms with E-state index in [9.17, 15) is 4.79 Å². The molecule has 1 N–H and O–H groups in total. The number of hydrogen-bond acceptors (Lipinski definition) is 4. The Morgan fingerprint density at radius 2 is 2.33 bits per heavy atom. The molecule has 1 aromatic heterocycles. The minimum Gasteiger partial charge on any atom is -0.337 e. The molecule has 1 unspecified atom stereocenters. The maximum absolute atomic E-state index is 12.6. The fraction of sp³-hybridized carbons (Fsp3) is 0.375. The average Bonchev–Trinajstić information content (AvgIpc) is 3.17. The number of likely N-dealkylation sites (N-methyl/N-ethyl adjacent to an activating group) is 1.